The highest BCUT2D eigenvalue weighted by Crippen LogP contribution is 2.19. The predicted molar refractivity (Wildman–Crippen MR) is 370 cm³/mol. The molecule has 0 bridgehead atoms. The van der Waals surface area contributed by atoms with Gasteiger partial charge in [-0.3, -0.25) is 9.59 Å². The maximum atomic E-state index is 12.5. The zero-order chi connectivity index (χ0) is 60.6. The number of esters is 1. The van der Waals surface area contributed by atoms with E-state index in [0.717, 1.165) is 38.5 Å². The molecule has 2 unspecified atom stereocenters. The molecule has 6 nitrogen and oxygen atoms in total. The van der Waals surface area contributed by atoms with Crippen LogP contribution >= 0.6 is 0 Å². The first-order chi connectivity index (χ1) is 41.5. The monoisotopic (exact) mass is 1180 g/mol. The predicted octanol–water partition coefficient (Wildman–Crippen LogP) is 25.3. The number of rotatable bonds is 73. The van der Waals surface area contributed by atoms with Crippen molar-refractivity contribution in [3.05, 3.63) is 24.3 Å². The Morgan fingerprint density at radius 2 is 0.560 bits per heavy atom. The zero-order valence-electron chi connectivity index (χ0n) is 57.2. The Hall–Kier alpha value is -1.66. The molecule has 1 amide bonds. The lowest BCUT2D eigenvalue weighted by molar-refractivity contribution is -0.143. The second-order valence-corrected chi connectivity index (χ2v) is 26.7. The van der Waals surface area contributed by atoms with Gasteiger partial charge in [-0.1, -0.05) is 391 Å². The molecule has 0 fully saturated rings. The molecule has 0 aromatic heterocycles. The Kier molecular flexibility index (Phi) is 72.3. The summed E-state index contributed by atoms with van der Waals surface area (Å²) in [6.07, 6.45) is 94.3. The quantitative estimate of drug-likeness (QED) is 0.0320. The average Bonchev–Trinajstić information content (AvgIpc) is 3.51. The van der Waals surface area contributed by atoms with Gasteiger partial charge in [0.2, 0.25) is 5.91 Å². The van der Waals surface area contributed by atoms with E-state index in [0.29, 0.717) is 19.4 Å². The standard InChI is InChI=1S/C78H151NO5/c1-3-5-7-9-11-13-15-17-19-21-34-38-42-46-50-54-58-62-66-70-76(81)75(74-80)79-77(82)71-67-63-59-55-51-47-43-39-36-32-30-28-26-24-23-25-27-29-31-33-37-41-45-49-53-57-61-65-69-73-84-78(83)72-68-64-60-56-52-48-44-40-35-22-20-18-16-14-12-10-8-6-4-2/h23,25,66,70,75-76,80-81H,3-22,24,26-65,67-69,71-74H2,1-2H3,(H,79,82)/b25-23-,70-66+. The van der Waals surface area contributed by atoms with Gasteiger partial charge in [0.25, 0.3) is 0 Å². The van der Waals surface area contributed by atoms with Crippen molar-refractivity contribution in [3.63, 3.8) is 0 Å². The van der Waals surface area contributed by atoms with Crippen LogP contribution in [0, 0.1) is 0 Å². The normalized spacial score (nSPS) is 12.6. The number of allylic oxidation sites excluding steroid dienone is 3. The van der Waals surface area contributed by atoms with E-state index in [1.165, 1.54) is 372 Å². The number of amides is 1. The summed E-state index contributed by atoms with van der Waals surface area (Å²) in [7, 11) is 0. The van der Waals surface area contributed by atoms with Gasteiger partial charge in [0, 0.05) is 12.8 Å². The van der Waals surface area contributed by atoms with Crippen LogP contribution in [0.1, 0.15) is 438 Å². The van der Waals surface area contributed by atoms with Gasteiger partial charge in [0.05, 0.1) is 25.4 Å². The lowest BCUT2D eigenvalue weighted by Gasteiger charge is -2.20. The van der Waals surface area contributed by atoms with Crippen molar-refractivity contribution in [2.75, 3.05) is 13.2 Å². The van der Waals surface area contributed by atoms with Gasteiger partial charge < -0.3 is 20.3 Å². The number of carbonyl (C=O) groups is 2. The van der Waals surface area contributed by atoms with Gasteiger partial charge in [-0.15, -0.1) is 0 Å². The summed E-state index contributed by atoms with van der Waals surface area (Å²) < 4.78 is 5.52. The van der Waals surface area contributed by atoms with E-state index in [1.54, 1.807) is 6.08 Å². The van der Waals surface area contributed by atoms with Crippen molar-refractivity contribution in [2.24, 2.45) is 0 Å². The molecule has 2 atom stereocenters. The molecule has 0 aliphatic heterocycles. The first-order valence-electron chi connectivity index (χ1n) is 38.6. The Morgan fingerprint density at radius 1 is 0.321 bits per heavy atom. The van der Waals surface area contributed by atoms with Crippen molar-refractivity contribution < 1.29 is 24.5 Å². The molecule has 0 rings (SSSR count). The Labute approximate surface area is 526 Å². The molecule has 6 heteroatoms. The fraction of sp³-hybridized carbons (Fsp3) is 0.923. The number of aliphatic hydroxyl groups is 2. The molecule has 0 aromatic carbocycles. The molecule has 0 aromatic rings. The highest BCUT2D eigenvalue weighted by molar-refractivity contribution is 5.76. The van der Waals surface area contributed by atoms with Gasteiger partial charge >= 0.3 is 5.97 Å². The topological polar surface area (TPSA) is 95.9 Å². The van der Waals surface area contributed by atoms with E-state index in [4.69, 9.17) is 4.74 Å². The van der Waals surface area contributed by atoms with Crippen molar-refractivity contribution >= 4 is 11.9 Å². The fourth-order valence-corrected chi connectivity index (χ4v) is 12.3. The van der Waals surface area contributed by atoms with Gasteiger partial charge in [0.1, 0.15) is 0 Å². The minimum atomic E-state index is -0.844. The van der Waals surface area contributed by atoms with Crippen molar-refractivity contribution in [1.29, 1.82) is 0 Å². The number of aliphatic hydroxyl groups excluding tert-OH is 2. The molecule has 0 saturated carbocycles. The van der Waals surface area contributed by atoms with Gasteiger partial charge in [0.15, 0.2) is 0 Å². The Balaban J connectivity index is 3.37. The molecule has 0 aliphatic rings. The van der Waals surface area contributed by atoms with Crippen LogP contribution in [0.3, 0.4) is 0 Å². The Bertz CT molecular complexity index is 1320. The molecule has 0 radical (unpaired) electrons. The van der Waals surface area contributed by atoms with E-state index >= 15 is 0 Å². The number of unbranched alkanes of at least 4 members (excludes halogenated alkanes) is 60. The van der Waals surface area contributed by atoms with Gasteiger partial charge in [-0.25, -0.2) is 0 Å². The van der Waals surface area contributed by atoms with Crippen LogP contribution < -0.4 is 5.32 Å². The summed E-state index contributed by atoms with van der Waals surface area (Å²) in [6, 6.07) is -0.628. The van der Waals surface area contributed by atoms with Gasteiger partial charge in [-0.05, 0) is 57.8 Å². The minimum absolute atomic E-state index is 0.0220. The summed E-state index contributed by atoms with van der Waals surface area (Å²) in [5, 5.41) is 23.2. The minimum Gasteiger partial charge on any atom is -0.466 e. The Morgan fingerprint density at radius 3 is 0.845 bits per heavy atom. The molecular formula is C78H151NO5. The molecular weight excluding hydrogens is 1030 g/mol. The average molecular weight is 1180 g/mol. The van der Waals surface area contributed by atoms with Crippen LogP contribution in [0.5, 0.6) is 0 Å². The second-order valence-electron chi connectivity index (χ2n) is 26.7. The number of hydrogen-bond acceptors (Lipinski definition) is 5. The lowest BCUT2D eigenvalue weighted by atomic mass is 10.0. The number of nitrogens with one attached hydrogen (secondary N) is 1. The molecule has 0 saturated heterocycles. The summed E-state index contributed by atoms with van der Waals surface area (Å²) in [5.41, 5.74) is 0. The summed E-state index contributed by atoms with van der Waals surface area (Å²) >= 11 is 0. The third-order valence-electron chi connectivity index (χ3n) is 18.2. The van der Waals surface area contributed by atoms with Crippen molar-refractivity contribution in [1.82, 2.24) is 5.32 Å². The van der Waals surface area contributed by atoms with Crippen LogP contribution in [0.4, 0.5) is 0 Å². The second kappa shape index (κ2) is 73.8. The largest absolute Gasteiger partial charge is 0.466 e. The third-order valence-corrected chi connectivity index (χ3v) is 18.2. The molecule has 498 valence electrons. The van der Waals surface area contributed by atoms with E-state index in [-0.39, 0.29) is 18.5 Å². The lowest BCUT2D eigenvalue weighted by Crippen LogP contribution is -2.45. The zero-order valence-corrected chi connectivity index (χ0v) is 57.2. The van der Waals surface area contributed by atoms with E-state index in [9.17, 15) is 19.8 Å². The van der Waals surface area contributed by atoms with Crippen LogP contribution in [-0.2, 0) is 14.3 Å². The number of carbonyl (C=O) groups excluding carboxylic acids is 2. The molecule has 0 spiro atoms. The van der Waals surface area contributed by atoms with E-state index in [1.807, 2.05) is 6.08 Å². The maximum Gasteiger partial charge on any atom is 0.305 e. The van der Waals surface area contributed by atoms with Crippen LogP contribution in [0.25, 0.3) is 0 Å². The molecule has 84 heavy (non-hydrogen) atoms. The number of hydrogen-bond donors (Lipinski definition) is 3. The first-order valence-corrected chi connectivity index (χ1v) is 38.6. The van der Waals surface area contributed by atoms with E-state index in [2.05, 4.69) is 31.3 Å². The van der Waals surface area contributed by atoms with Gasteiger partial charge in [-0.2, -0.15) is 0 Å². The molecule has 3 N–H and O–H groups in total. The third kappa shape index (κ3) is 69.4. The summed E-state index contributed by atoms with van der Waals surface area (Å²) in [6.45, 7) is 4.96. The summed E-state index contributed by atoms with van der Waals surface area (Å²) in [4.78, 5) is 24.7. The SMILES string of the molecule is CCCCCCCCCCCCCCCCCCC/C=C/C(O)C(CO)NC(=O)CCCCCCCCCCCCCCC/C=C\CCCCCCCCCCCCCCOC(=O)CCCCCCCCCCCCCCCCCCCCC. The smallest absolute Gasteiger partial charge is 0.305 e. The van der Waals surface area contributed by atoms with Crippen molar-refractivity contribution in [3.8, 4) is 0 Å². The highest BCUT2D eigenvalue weighted by atomic mass is 16.5. The molecule has 0 aliphatic carbocycles. The van der Waals surface area contributed by atoms with Crippen LogP contribution in [0.15, 0.2) is 24.3 Å². The summed E-state index contributed by atoms with van der Waals surface area (Å²) in [5.74, 6) is -0.0410. The molecule has 0 heterocycles. The first kappa shape index (κ1) is 82.3. The maximum absolute atomic E-state index is 12.5. The highest BCUT2D eigenvalue weighted by Gasteiger charge is 2.18. The van der Waals surface area contributed by atoms with E-state index < -0.39 is 12.1 Å². The number of ether oxygens (including phenoxy) is 1. The van der Waals surface area contributed by atoms with Crippen molar-refractivity contribution in [2.45, 2.75) is 450 Å². The van der Waals surface area contributed by atoms with Crippen LogP contribution in [0.2, 0.25) is 0 Å². The van der Waals surface area contributed by atoms with Crippen LogP contribution in [-0.4, -0.2) is 47.4 Å². The fourth-order valence-electron chi connectivity index (χ4n) is 12.3.